The van der Waals surface area contributed by atoms with E-state index in [2.05, 4.69) is 111 Å². The number of carbonyl (C=O) groups excluding carboxylic acids is 5. The number of esters is 5. The zero-order valence-corrected chi connectivity index (χ0v) is 72.1. The van der Waals surface area contributed by atoms with E-state index in [1.54, 1.807) is 31.2 Å². The number of carboxylic acids is 1. The Morgan fingerprint density at radius 1 is 0.638 bits per heavy atom. The zero-order valence-electron chi connectivity index (χ0n) is 64.2. The van der Waals surface area contributed by atoms with Crippen molar-refractivity contribution >= 4 is 76.6 Å². The molecule has 6 aromatic rings. The molecule has 0 radical (unpaired) electrons. The molecule has 0 spiro atoms. The first-order valence-corrected chi connectivity index (χ1v) is 39.6. The molecule has 568 valence electrons. The van der Waals surface area contributed by atoms with Gasteiger partial charge in [-0.3, -0.25) is 24.0 Å². The normalized spacial score (nSPS) is 24.9. The molecule has 4 saturated carbocycles. The van der Waals surface area contributed by atoms with Crippen molar-refractivity contribution in [2.75, 3.05) is 0 Å². The Labute approximate surface area is 680 Å². The molecule has 7 fully saturated rings. The summed E-state index contributed by atoms with van der Waals surface area (Å²) in [6.07, 6.45) is 8.73. The number of phenols is 1. The van der Waals surface area contributed by atoms with Gasteiger partial charge in [-0.2, -0.15) is 8.78 Å². The number of thiophene rings is 1. The van der Waals surface area contributed by atoms with Crippen molar-refractivity contribution in [2.45, 2.75) is 235 Å². The molecule has 13 rings (SSSR count). The molecule has 14 unspecified atom stereocenters. The van der Waals surface area contributed by atoms with E-state index in [1.807, 2.05) is 67.5 Å². The van der Waals surface area contributed by atoms with Crippen molar-refractivity contribution in [1.82, 2.24) is 0 Å². The average Bonchev–Trinajstić information content (AvgIpc) is 1.54. The topological polar surface area (TPSA) is 255 Å². The number of alkyl halides is 2. The molecule has 5 aromatic carbocycles. The van der Waals surface area contributed by atoms with Gasteiger partial charge in [-0.05, 0) is 253 Å². The van der Waals surface area contributed by atoms with Gasteiger partial charge in [0.25, 0.3) is 0 Å². The number of hydrogen-bond acceptors (Lipinski definition) is 16. The Morgan fingerprint density at radius 2 is 1.14 bits per heavy atom. The van der Waals surface area contributed by atoms with Crippen LogP contribution in [0, 0.1) is 63.1 Å². The van der Waals surface area contributed by atoms with Crippen LogP contribution < -0.4 is 73.6 Å². The third-order valence-electron chi connectivity index (χ3n) is 23.5. The summed E-state index contributed by atoms with van der Waals surface area (Å²) in [7, 11) is -5.80. The molecular formula is C83H108CsF2O17S2+. The first-order valence-electron chi connectivity index (χ1n) is 36.9. The predicted octanol–water partition coefficient (Wildman–Crippen LogP) is 15.7. The molecule has 1 aromatic heterocycles. The zero-order chi connectivity index (χ0) is 76.8. The van der Waals surface area contributed by atoms with Crippen LogP contribution in [0.4, 0.5) is 8.78 Å². The Balaban J connectivity index is 0.000000177. The van der Waals surface area contributed by atoms with Gasteiger partial charge in [0, 0.05) is 27.2 Å². The number of phenolic OH excluding ortho intramolecular Hbond substituents is 1. The smallest absolute Gasteiger partial charge is 0.743 e. The molecule has 7 aliphatic rings. The fraction of sp³-hybridized carbons (Fsp3) is 0.566. The molecule has 22 heteroatoms. The molecule has 0 amide bonds. The van der Waals surface area contributed by atoms with Gasteiger partial charge in [-0.15, -0.1) is 0 Å². The number of carboxylic acid groups (broad SMARTS) is 1. The van der Waals surface area contributed by atoms with E-state index < -0.39 is 61.9 Å². The van der Waals surface area contributed by atoms with Gasteiger partial charge in [0.1, 0.15) is 23.2 Å². The predicted molar refractivity (Wildman–Crippen MR) is 397 cm³/mol. The molecule has 105 heavy (non-hydrogen) atoms. The summed E-state index contributed by atoms with van der Waals surface area (Å²) >= 11 is 0. The van der Waals surface area contributed by atoms with E-state index in [4.69, 9.17) is 33.9 Å². The summed E-state index contributed by atoms with van der Waals surface area (Å²) in [5.74, 6) is 3.83. The van der Waals surface area contributed by atoms with Crippen LogP contribution in [-0.2, 0) is 57.8 Å². The summed E-state index contributed by atoms with van der Waals surface area (Å²) in [6.45, 7) is 29.2. The van der Waals surface area contributed by atoms with E-state index in [0.29, 0.717) is 49.3 Å². The van der Waals surface area contributed by atoms with Crippen molar-refractivity contribution in [3.63, 3.8) is 0 Å². The maximum Gasteiger partial charge on any atom is 1.00 e. The van der Waals surface area contributed by atoms with Crippen LogP contribution in [0.1, 0.15) is 210 Å². The standard InChI is InChI=1S/C20H32O2.C18H13S.C13H18O5.C12H16O3.C11H14O2.C9H16F2O5S.Cs/c1-5-19(3,4)18(21)22-20(6-2)11-14-10-15(20)17-13-8-7-12(9-13)16(14)17;1-2-8-14(9-3-1)19-17-12-6-4-10-15(17)16-11-5-7-13-18(16)19;1-4-13(2,3)12(15)18-9-7-5-6-8(16-7)10(9)17-11(6)14;1-4-12(2,3)11(14)15-10-7-5-9(13)6-8-10;1-3-8(2)9-4-6-10(7-5-9)11(12)13;1-5-8(3,4)7(12)16-6(2)9(10,11)17(13,14)15;/h12-17H,5-11H2,1-4H3;1-13H;6-10H,4-5H2,1-3H3;5-8,13H,4H2,1-3H3;4-8H,3H2,1-2H3,(H,12,13);6H,5H2,1-4H3,(H,13,14,15);/q;+1;;;;;+1/p-1. The van der Waals surface area contributed by atoms with Crippen molar-refractivity contribution in [3.05, 3.63) is 139 Å². The summed E-state index contributed by atoms with van der Waals surface area (Å²) < 4.78 is 92.1. The van der Waals surface area contributed by atoms with Crippen molar-refractivity contribution in [1.29, 1.82) is 0 Å². The Hall–Kier alpha value is -5.28. The van der Waals surface area contributed by atoms with Crippen molar-refractivity contribution in [3.8, 4) is 16.4 Å². The van der Waals surface area contributed by atoms with E-state index in [0.717, 1.165) is 61.7 Å². The second-order valence-electron chi connectivity index (χ2n) is 31.6. The van der Waals surface area contributed by atoms with E-state index >= 15 is 0 Å². The van der Waals surface area contributed by atoms with Gasteiger partial charge in [0.15, 0.2) is 42.7 Å². The molecule has 4 heterocycles. The maximum atomic E-state index is 13.0. The first-order chi connectivity index (χ1) is 48.8. The SMILES string of the molecule is CCC(C)(C)C(=O)OC(C)C(F)(F)S(=O)(=O)[O-].CCC(C)(C)C(=O)OC1(CC)CC2CC1C1C3CCC(C3)C21.CCC(C)(C)C(=O)OC1C2CC3C(=O)OC1C3O2.CCC(C)(C)C(=O)Oc1ccc(O)cc1.CCC(C)c1ccc(C(=O)O)cc1.[Cs+].c1ccc(-[s+]2c3ccccc3c3ccccc32)cc1. The molecule has 2 N–H and O–H groups in total. The summed E-state index contributed by atoms with van der Waals surface area (Å²) in [5, 5.41) is 15.9. The Bertz CT molecular complexity index is 4050. The molecule has 3 saturated heterocycles. The molecule has 3 aliphatic heterocycles. The second kappa shape index (κ2) is 35.6. The molecule has 6 bridgehead atoms. The maximum absolute atomic E-state index is 13.0. The number of rotatable bonds is 19. The van der Waals surface area contributed by atoms with Crippen LogP contribution in [0.25, 0.3) is 25.1 Å². The number of fused-ring (bicyclic) bond motifs is 13. The van der Waals surface area contributed by atoms with Gasteiger partial charge in [0.2, 0.25) is 0 Å². The number of carbonyl (C=O) groups is 6. The third kappa shape index (κ3) is 19.5. The molecule has 4 aliphatic carbocycles. The van der Waals surface area contributed by atoms with Gasteiger partial charge in [-0.1, -0.05) is 103 Å². The number of halogens is 2. The monoisotopic (exact) mass is 1610 g/mol. The van der Waals surface area contributed by atoms with Crippen LogP contribution in [0.2, 0.25) is 0 Å². The molecule has 14 atom stereocenters. The second-order valence-corrected chi connectivity index (χ2v) is 35.0. The largest absolute Gasteiger partial charge is 1.00 e. The van der Waals surface area contributed by atoms with Crippen LogP contribution in [0.15, 0.2) is 127 Å². The minimum absolute atomic E-state index is 0. The van der Waals surface area contributed by atoms with E-state index in [-0.39, 0.29) is 138 Å². The van der Waals surface area contributed by atoms with Gasteiger partial charge in [-0.25, -0.2) is 13.2 Å². The minimum Gasteiger partial charge on any atom is -0.743 e. The van der Waals surface area contributed by atoms with Crippen molar-refractivity contribution in [2.24, 2.45) is 63.1 Å². The van der Waals surface area contributed by atoms with Crippen LogP contribution in [0.5, 0.6) is 11.5 Å². The number of benzene rings is 5. The van der Waals surface area contributed by atoms with E-state index in [9.17, 15) is 50.5 Å². The number of aromatic carboxylic acids is 1. The van der Waals surface area contributed by atoms with Crippen LogP contribution in [0.3, 0.4) is 0 Å². The van der Waals surface area contributed by atoms with Gasteiger partial charge in [0.05, 0.1) is 39.2 Å². The van der Waals surface area contributed by atoms with Crippen LogP contribution >= 0.6 is 10.5 Å². The summed E-state index contributed by atoms with van der Waals surface area (Å²) in [6, 6.07) is 41.6. The Kier molecular flexibility index (Phi) is 29.5. The van der Waals surface area contributed by atoms with Crippen LogP contribution in [-0.4, -0.2) is 100 Å². The molecular weight excluding hydrogens is 1500 g/mol. The first kappa shape index (κ1) is 87.0. The van der Waals surface area contributed by atoms with Gasteiger partial charge >= 0.3 is 110 Å². The Morgan fingerprint density at radius 3 is 1.66 bits per heavy atom. The fourth-order valence-corrected chi connectivity index (χ4v) is 17.9. The summed E-state index contributed by atoms with van der Waals surface area (Å²) in [4.78, 5) is 71.4. The third-order valence-corrected chi connectivity index (χ3v) is 26.9. The number of aromatic hydroxyl groups is 1. The minimum atomic E-state index is -5.86. The van der Waals surface area contributed by atoms with Gasteiger partial charge < -0.3 is 43.2 Å². The average molecular weight is 1610 g/mol. The van der Waals surface area contributed by atoms with Crippen molar-refractivity contribution < 1.29 is 158 Å². The number of ether oxygens (including phenoxy) is 6. The number of hydrogen-bond donors (Lipinski definition) is 2. The quantitative estimate of drug-likeness (QED) is 0.0191. The molecule has 17 nitrogen and oxygen atoms in total. The summed E-state index contributed by atoms with van der Waals surface area (Å²) in [5.41, 5.74) is -0.907. The fourth-order valence-electron chi connectivity index (χ4n) is 15.1. The van der Waals surface area contributed by atoms with E-state index in [1.165, 1.54) is 82.3 Å².